The second-order valence-electron chi connectivity index (χ2n) is 22.6. The monoisotopic (exact) mass is 1310 g/mol. The van der Waals surface area contributed by atoms with Crippen molar-refractivity contribution in [2.45, 2.75) is 58.3 Å². The molecule has 0 saturated carbocycles. The SMILES string of the molecule is CC(O)c1cnn2c(NCCc3c[nH]c4ccccc34)cc(-c3cncc(F)c3)nc12.CSF.C[C@@H](O)c1cnn2c(NCCc3c[nH]c4ccccc34)cc(-c3cncc(F)c3)nc12.C[C@H](O)c1cnn2c(NCCc3c[nH]c4ccccc34)cc(-c3cncc(F)c3)nc12. The maximum Gasteiger partial charge on any atom is 0.163 e. The summed E-state index contributed by atoms with van der Waals surface area (Å²) in [7, 11) is 0. The summed E-state index contributed by atoms with van der Waals surface area (Å²) in [5, 5.41) is 57.4. The molecule has 26 heteroatoms. The Balaban J connectivity index is 0.000000135. The normalized spacial score (nSPS) is 12.3. The van der Waals surface area contributed by atoms with Gasteiger partial charge in [-0.2, -0.15) is 32.7 Å². The van der Waals surface area contributed by atoms with Crippen molar-refractivity contribution in [1.29, 1.82) is 0 Å². The first-order valence-electron chi connectivity index (χ1n) is 30.8. The number of aliphatic hydroxyl groups excluding tert-OH is 3. The number of pyridine rings is 3. The number of aromatic amines is 3. The molecule has 1 unspecified atom stereocenters. The fourth-order valence-electron chi connectivity index (χ4n) is 11.3. The van der Waals surface area contributed by atoms with Gasteiger partial charge >= 0.3 is 0 Å². The van der Waals surface area contributed by atoms with E-state index in [0.717, 1.165) is 54.4 Å². The summed E-state index contributed by atoms with van der Waals surface area (Å²) in [4.78, 5) is 35.5. The Labute approximate surface area is 551 Å². The number of aromatic nitrogens is 15. The number of nitrogens with zero attached hydrogens (tertiary/aromatic N) is 12. The number of halogens is 4. The first kappa shape index (κ1) is 65.0. The molecule has 12 heterocycles. The molecule has 488 valence electrons. The highest BCUT2D eigenvalue weighted by Gasteiger charge is 2.20. The molecule has 21 nitrogen and oxygen atoms in total. The van der Waals surface area contributed by atoms with Gasteiger partial charge in [-0.1, -0.05) is 54.6 Å². The summed E-state index contributed by atoms with van der Waals surface area (Å²) in [5.41, 5.74) is 13.7. The van der Waals surface area contributed by atoms with E-state index >= 15 is 0 Å². The lowest BCUT2D eigenvalue weighted by molar-refractivity contribution is 0.200. The minimum Gasteiger partial charge on any atom is -0.389 e. The molecule has 0 fully saturated rings. The van der Waals surface area contributed by atoms with Crippen molar-refractivity contribution in [3.63, 3.8) is 0 Å². The van der Waals surface area contributed by atoms with E-state index in [-0.39, 0.29) is 12.1 Å². The van der Waals surface area contributed by atoms with Gasteiger partial charge in [0.15, 0.2) is 16.9 Å². The number of hydrogen-bond donors (Lipinski definition) is 9. The first-order chi connectivity index (χ1) is 46.7. The smallest absolute Gasteiger partial charge is 0.163 e. The van der Waals surface area contributed by atoms with Crippen LogP contribution in [0.15, 0.2) is 184 Å². The minimum atomic E-state index is -0.732. The first-order valence-corrected chi connectivity index (χ1v) is 31.9. The van der Waals surface area contributed by atoms with Gasteiger partial charge in [-0.3, -0.25) is 15.0 Å². The lowest BCUT2D eigenvalue weighted by Gasteiger charge is -2.12. The van der Waals surface area contributed by atoms with Gasteiger partial charge in [0.25, 0.3) is 0 Å². The predicted octanol–water partition coefficient (Wildman–Crippen LogP) is 13.6. The maximum atomic E-state index is 13.7. The molecule has 9 N–H and O–H groups in total. The number of aliphatic hydroxyl groups is 3. The summed E-state index contributed by atoms with van der Waals surface area (Å²) in [5.74, 6) is 0.815. The van der Waals surface area contributed by atoms with Crippen LogP contribution in [-0.2, 0) is 19.3 Å². The number of nitrogens with one attached hydrogen (secondary N) is 6. The van der Waals surface area contributed by atoms with E-state index in [1.165, 1.54) is 57.3 Å². The van der Waals surface area contributed by atoms with Crippen LogP contribution in [0.5, 0.6) is 0 Å². The zero-order chi connectivity index (χ0) is 66.8. The molecule has 0 aliphatic carbocycles. The molecule has 0 aliphatic heterocycles. The number of rotatable bonds is 18. The fraction of sp³-hybridized carbons (Fsp3) is 0.186. The van der Waals surface area contributed by atoms with Crippen LogP contribution in [-0.4, -0.2) is 115 Å². The third-order valence-corrected chi connectivity index (χ3v) is 16.0. The molecule has 96 heavy (non-hydrogen) atoms. The van der Waals surface area contributed by atoms with Crippen molar-refractivity contribution in [2.24, 2.45) is 0 Å². The van der Waals surface area contributed by atoms with E-state index in [0.29, 0.717) is 104 Å². The van der Waals surface area contributed by atoms with Gasteiger partial charge in [0.2, 0.25) is 0 Å². The highest BCUT2D eigenvalue weighted by atomic mass is 32.2. The molecule has 15 aromatic rings. The van der Waals surface area contributed by atoms with Crippen molar-refractivity contribution in [2.75, 3.05) is 41.8 Å². The Morgan fingerprint density at radius 3 is 0.979 bits per heavy atom. The van der Waals surface area contributed by atoms with Crippen LogP contribution < -0.4 is 16.0 Å². The van der Waals surface area contributed by atoms with Crippen LogP contribution in [0.1, 0.15) is 72.5 Å². The van der Waals surface area contributed by atoms with Gasteiger partial charge in [0.05, 0.1) is 72.6 Å². The molecule has 12 aromatic heterocycles. The molecule has 0 bridgehead atoms. The summed E-state index contributed by atoms with van der Waals surface area (Å²) in [6.45, 7) is 6.97. The van der Waals surface area contributed by atoms with E-state index in [4.69, 9.17) is 0 Å². The van der Waals surface area contributed by atoms with Gasteiger partial charge in [-0.25, -0.2) is 28.1 Å². The molecule has 0 radical (unpaired) electrons. The number of para-hydroxylation sites is 3. The average molecular weight is 1320 g/mol. The van der Waals surface area contributed by atoms with Crippen molar-refractivity contribution in [3.05, 3.63) is 234 Å². The van der Waals surface area contributed by atoms with Crippen LogP contribution in [0.4, 0.5) is 34.5 Å². The Morgan fingerprint density at radius 2 is 0.708 bits per heavy atom. The van der Waals surface area contributed by atoms with Crippen molar-refractivity contribution >= 4 is 79.3 Å². The molecule has 0 saturated heterocycles. The number of H-pyrrole nitrogens is 3. The van der Waals surface area contributed by atoms with E-state index in [1.807, 2.05) is 73.2 Å². The summed E-state index contributed by atoms with van der Waals surface area (Å²) in [6.07, 6.45) is 20.6. The van der Waals surface area contributed by atoms with Gasteiger partial charge < -0.3 is 46.2 Å². The Hall–Kier alpha value is -11.1. The van der Waals surface area contributed by atoms with Crippen LogP contribution in [0.3, 0.4) is 0 Å². The largest absolute Gasteiger partial charge is 0.389 e. The minimum absolute atomic E-state index is 0.250. The topological polar surface area (TPSA) is 273 Å². The highest BCUT2D eigenvalue weighted by molar-refractivity contribution is 7.93. The zero-order valence-corrected chi connectivity index (χ0v) is 53.2. The molecule has 3 aromatic carbocycles. The zero-order valence-electron chi connectivity index (χ0n) is 52.4. The van der Waals surface area contributed by atoms with E-state index < -0.39 is 35.8 Å². The molecule has 0 aliphatic rings. The molecule has 15 rings (SSSR count). The van der Waals surface area contributed by atoms with Gasteiger partial charge in [-0.15, -0.1) is 0 Å². The molecular weight excluding hydrogens is 1250 g/mol. The Morgan fingerprint density at radius 1 is 0.427 bits per heavy atom. The lowest BCUT2D eigenvalue weighted by atomic mass is 10.1. The lowest BCUT2D eigenvalue weighted by Crippen LogP contribution is -2.10. The van der Waals surface area contributed by atoms with Gasteiger partial charge in [-0.05, 0) is 93.1 Å². The third-order valence-electron chi connectivity index (χ3n) is 16.0. The second-order valence-corrected chi connectivity index (χ2v) is 22.9. The third kappa shape index (κ3) is 14.5. The summed E-state index contributed by atoms with van der Waals surface area (Å²) < 4.78 is 56.4. The fourth-order valence-corrected chi connectivity index (χ4v) is 11.3. The van der Waals surface area contributed by atoms with Crippen molar-refractivity contribution in [1.82, 2.24) is 73.7 Å². The number of hydrogen-bond acceptors (Lipinski definition) is 16. The molecule has 3 atom stereocenters. The number of benzene rings is 3. The van der Waals surface area contributed by atoms with Crippen LogP contribution in [0, 0.1) is 17.5 Å². The van der Waals surface area contributed by atoms with E-state index in [1.54, 1.807) is 71.5 Å². The molecular formula is C70H66F4N18O3S. The van der Waals surface area contributed by atoms with Crippen LogP contribution in [0.25, 0.3) is 83.4 Å². The predicted molar refractivity (Wildman–Crippen MR) is 367 cm³/mol. The van der Waals surface area contributed by atoms with Crippen molar-refractivity contribution < 1.29 is 32.4 Å². The maximum absolute atomic E-state index is 13.7. The molecule has 0 amide bonds. The average Bonchev–Trinajstić information content (AvgIpc) is 1.66. The van der Waals surface area contributed by atoms with Crippen LogP contribution in [0.2, 0.25) is 0 Å². The summed E-state index contributed by atoms with van der Waals surface area (Å²) in [6, 6.07) is 34.2. The van der Waals surface area contributed by atoms with E-state index in [9.17, 15) is 32.4 Å². The number of fused-ring (bicyclic) bond motifs is 6. The quantitative estimate of drug-likeness (QED) is 0.0361. The van der Waals surface area contributed by atoms with Crippen LogP contribution >= 0.6 is 12.1 Å². The highest BCUT2D eigenvalue weighted by Crippen LogP contribution is 2.31. The Kier molecular flexibility index (Phi) is 20.0. The number of anilines is 3. The second kappa shape index (κ2) is 29.5. The Bertz CT molecular complexity index is 4660. The standard InChI is InChI=1S/3C23H21FN6O.CH3FS/c3*1-14(31)19-13-28-30-22(9-21(29-23(19)30)16-8-17(24)12-25-10-16)26-7-6-15-11-27-20-5-3-2-4-18(15)20;1-3-2/h3*2-5,8-14,26-27,31H,6-7H2,1H3;1H3/t2*14-;;/m10../s1. The van der Waals surface area contributed by atoms with E-state index in [2.05, 4.69) is 113 Å². The summed E-state index contributed by atoms with van der Waals surface area (Å²) >= 11 is 0.250. The van der Waals surface area contributed by atoms with Gasteiger partial charge in [0.1, 0.15) is 34.9 Å². The van der Waals surface area contributed by atoms with Crippen molar-refractivity contribution in [3.8, 4) is 33.8 Å². The van der Waals surface area contributed by atoms with Gasteiger partial charge in [0, 0.05) is 160 Å². The molecule has 0 spiro atoms.